The summed E-state index contributed by atoms with van der Waals surface area (Å²) in [6.45, 7) is 3.83. The van der Waals surface area contributed by atoms with Gasteiger partial charge in [-0.1, -0.05) is 19.1 Å². The number of anilines is 1. The van der Waals surface area contributed by atoms with Crippen molar-refractivity contribution in [3.05, 3.63) is 74.0 Å². The second kappa shape index (κ2) is 9.22. The second-order valence-electron chi connectivity index (χ2n) is 7.33. The Morgan fingerprint density at radius 3 is 2.41 bits per heavy atom. The van der Waals surface area contributed by atoms with Gasteiger partial charge in [0.1, 0.15) is 9.50 Å². The number of piperazine rings is 1. The van der Waals surface area contributed by atoms with Crippen LogP contribution >= 0.6 is 27.3 Å². The summed E-state index contributed by atoms with van der Waals surface area (Å²) in [5.74, 6) is -0.00706. The molecule has 9 nitrogen and oxygen atoms in total. The van der Waals surface area contributed by atoms with Gasteiger partial charge in [0.05, 0.1) is 10.6 Å². The van der Waals surface area contributed by atoms with Crippen LogP contribution in [0.5, 0.6) is 0 Å². The normalized spacial score (nSPS) is 16.1. The quantitative estimate of drug-likeness (QED) is 0.266. The molecule has 1 fully saturated rings. The molecule has 12 heteroatoms. The Balaban J connectivity index is 1.41. The van der Waals surface area contributed by atoms with E-state index in [9.17, 15) is 18.5 Å². The monoisotopic (exact) mass is 537 g/mol. The molecule has 1 aromatic carbocycles. The van der Waals surface area contributed by atoms with E-state index in [-0.39, 0.29) is 16.5 Å². The lowest BCUT2D eigenvalue weighted by Crippen LogP contribution is -2.48. The Kier molecular flexibility index (Phi) is 6.56. The highest BCUT2D eigenvalue weighted by Gasteiger charge is 2.30. The number of hydrogen-bond acceptors (Lipinski definition) is 8. The van der Waals surface area contributed by atoms with Gasteiger partial charge in [-0.15, -0.1) is 11.3 Å². The molecule has 0 spiro atoms. The molecule has 3 aromatic rings. The van der Waals surface area contributed by atoms with E-state index in [2.05, 4.69) is 25.8 Å². The van der Waals surface area contributed by atoms with Gasteiger partial charge >= 0.3 is 0 Å². The summed E-state index contributed by atoms with van der Waals surface area (Å²) >= 11 is 4.74. The van der Waals surface area contributed by atoms with E-state index in [1.165, 1.54) is 34.0 Å². The fourth-order valence-electron chi connectivity index (χ4n) is 3.46. The number of nitro groups is 1. The predicted molar refractivity (Wildman–Crippen MR) is 126 cm³/mol. The molecule has 1 unspecified atom stereocenters. The molecule has 0 radical (unpaired) electrons. The largest absolute Gasteiger partial charge is 0.345 e. The fraction of sp³-hybridized carbons (Fsp3) is 0.300. The molecule has 2 aromatic heterocycles. The Hall–Kier alpha value is -2.41. The number of nitro benzene ring substituents is 1. The highest BCUT2D eigenvalue weighted by atomic mass is 79.9. The summed E-state index contributed by atoms with van der Waals surface area (Å²) in [7, 11) is -3.58. The third kappa shape index (κ3) is 4.68. The molecule has 4 rings (SSSR count). The van der Waals surface area contributed by atoms with Crippen molar-refractivity contribution < 1.29 is 13.3 Å². The standard InChI is InChI=1S/C20H20BrN5O4S2/c1-14(15-2-4-16(5-3-15)26(27)28)18-13-31-20(23-18)24-8-10-25(11-9-24)32(29,30)17-6-7-19(21)22-12-17/h2-7,12-14H,8-11H2,1H3. The van der Waals surface area contributed by atoms with E-state index in [1.807, 2.05) is 12.3 Å². The molecule has 1 aliphatic rings. The molecular weight excluding hydrogens is 518 g/mol. The number of hydrogen-bond donors (Lipinski definition) is 0. The number of halogens is 1. The fourth-order valence-corrected chi connectivity index (χ4v) is 6.03. The van der Waals surface area contributed by atoms with Crippen LogP contribution in [0, 0.1) is 10.1 Å². The molecule has 0 amide bonds. The van der Waals surface area contributed by atoms with Crippen LogP contribution in [-0.4, -0.2) is 53.8 Å². The average molecular weight is 538 g/mol. The molecule has 1 saturated heterocycles. The SMILES string of the molecule is CC(c1ccc([N+](=O)[O-])cc1)c1csc(N2CCN(S(=O)(=O)c3ccc(Br)nc3)CC2)n1. The number of pyridine rings is 1. The van der Waals surface area contributed by atoms with Crippen LogP contribution in [0.1, 0.15) is 24.1 Å². The van der Waals surface area contributed by atoms with Crippen LogP contribution in [0.3, 0.4) is 0 Å². The molecule has 1 aliphatic heterocycles. The van der Waals surface area contributed by atoms with E-state index in [1.54, 1.807) is 24.3 Å². The van der Waals surface area contributed by atoms with E-state index in [4.69, 9.17) is 4.98 Å². The molecular formula is C20H20BrN5O4S2. The Labute approximate surface area is 198 Å². The van der Waals surface area contributed by atoms with Gasteiger partial charge in [0.15, 0.2) is 5.13 Å². The summed E-state index contributed by atoms with van der Waals surface area (Å²) in [5.41, 5.74) is 1.90. The van der Waals surface area contributed by atoms with E-state index >= 15 is 0 Å². The highest BCUT2D eigenvalue weighted by Crippen LogP contribution is 2.31. The lowest BCUT2D eigenvalue weighted by atomic mass is 9.98. The first-order chi connectivity index (χ1) is 15.3. The van der Waals surface area contributed by atoms with Gasteiger partial charge in [-0.2, -0.15) is 4.31 Å². The number of rotatable bonds is 6. The average Bonchev–Trinajstić information content (AvgIpc) is 3.29. The first kappa shape index (κ1) is 22.8. The van der Waals surface area contributed by atoms with Crippen molar-refractivity contribution in [3.63, 3.8) is 0 Å². The van der Waals surface area contributed by atoms with E-state index in [0.29, 0.717) is 30.8 Å². The smallest absolute Gasteiger partial charge is 0.269 e. The van der Waals surface area contributed by atoms with Gasteiger partial charge in [0, 0.05) is 55.8 Å². The number of sulfonamides is 1. The maximum Gasteiger partial charge on any atom is 0.269 e. The minimum atomic E-state index is -3.58. The Bertz CT molecular complexity index is 1210. The van der Waals surface area contributed by atoms with Gasteiger partial charge in [-0.25, -0.2) is 18.4 Å². The maximum absolute atomic E-state index is 12.9. The molecule has 32 heavy (non-hydrogen) atoms. The molecule has 0 N–H and O–H groups in total. The Morgan fingerprint density at radius 2 is 1.81 bits per heavy atom. The van der Waals surface area contributed by atoms with Gasteiger partial charge in [0.2, 0.25) is 10.0 Å². The summed E-state index contributed by atoms with van der Waals surface area (Å²) in [6.07, 6.45) is 1.36. The highest BCUT2D eigenvalue weighted by molar-refractivity contribution is 9.10. The number of benzene rings is 1. The predicted octanol–water partition coefficient (Wildman–Crippen LogP) is 3.87. The lowest BCUT2D eigenvalue weighted by molar-refractivity contribution is -0.384. The lowest BCUT2D eigenvalue weighted by Gasteiger charge is -2.33. The molecule has 0 bridgehead atoms. The van der Waals surface area contributed by atoms with Crippen molar-refractivity contribution in [3.8, 4) is 0 Å². The van der Waals surface area contributed by atoms with Crippen molar-refractivity contribution in [2.75, 3.05) is 31.1 Å². The molecule has 1 atom stereocenters. The van der Waals surface area contributed by atoms with Crippen LogP contribution in [-0.2, 0) is 10.0 Å². The Morgan fingerprint density at radius 1 is 1.12 bits per heavy atom. The van der Waals surface area contributed by atoms with Gasteiger partial charge in [0.25, 0.3) is 5.69 Å². The number of nitrogens with zero attached hydrogens (tertiary/aromatic N) is 5. The van der Waals surface area contributed by atoms with Gasteiger partial charge in [-0.05, 0) is 33.6 Å². The summed E-state index contributed by atoms with van der Waals surface area (Å²) in [4.78, 5) is 21.5. The topological polar surface area (TPSA) is 110 Å². The summed E-state index contributed by atoms with van der Waals surface area (Å²) in [6, 6.07) is 9.67. The van der Waals surface area contributed by atoms with E-state index < -0.39 is 14.9 Å². The van der Waals surface area contributed by atoms with Crippen molar-refractivity contribution in [1.29, 1.82) is 0 Å². The maximum atomic E-state index is 12.9. The van der Waals surface area contributed by atoms with Crippen LogP contribution in [0.2, 0.25) is 0 Å². The van der Waals surface area contributed by atoms with E-state index in [0.717, 1.165) is 16.4 Å². The van der Waals surface area contributed by atoms with Crippen molar-refractivity contribution in [2.45, 2.75) is 17.7 Å². The van der Waals surface area contributed by atoms with Crippen molar-refractivity contribution in [2.24, 2.45) is 0 Å². The first-order valence-electron chi connectivity index (χ1n) is 9.82. The van der Waals surface area contributed by atoms with Gasteiger partial charge < -0.3 is 4.90 Å². The summed E-state index contributed by atoms with van der Waals surface area (Å²) < 4.78 is 27.8. The van der Waals surface area contributed by atoms with Crippen LogP contribution in [0.25, 0.3) is 0 Å². The van der Waals surface area contributed by atoms with Crippen molar-refractivity contribution >= 4 is 48.1 Å². The van der Waals surface area contributed by atoms with Crippen LogP contribution in [0.15, 0.2) is 57.5 Å². The zero-order chi connectivity index (χ0) is 22.9. The summed E-state index contributed by atoms with van der Waals surface area (Å²) in [5, 5.41) is 13.7. The zero-order valence-electron chi connectivity index (χ0n) is 17.1. The number of non-ortho nitro benzene ring substituents is 1. The minimum absolute atomic E-state index is 0.00706. The van der Waals surface area contributed by atoms with Gasteiger partial charge in [-0.3, -0.25) is 10.1 Å². The number of thiazole rings is 1. The molecule has 3 heterocycles. The third-order valence-electron chi connectivity index (χ3n) is 5.40. The first-order valence-corrected chi connectivity index (χ1v) is 12.9. The van der Waals surface area contributed by atoms with Crippen LogP contribution in [0.4, 0.5) is 10.8 Å². The molecule has 168 valence electrons. The third-order valence-corrected chi connectivity index (χ3v) is 8.68. The molecule has 0 saturated carbocycles. The van der Waals surface area contributed by atoms with Crippen LogP contribution < -0.4 is 4.90 Å². The number of aromatic nitrogens is 2. The minimum Gasteiger partial charge on any atom is -0.345 e. The molecule has 0 aliphatic carbocycles. The zero-order valence-corrected chi connectivity index (χ0v) is 20.3. The van der Waals surface area contributed by atoms with Crippen molar-refractivity contribution in [1.82, 2.24) is 14.3 Å². The second-order valence-corrected chi connectivity index (χ2v) is 10.9.